The molecule has 4 heteroatoms. The Hall–Kier alpha value is -2.33. The zero-order valence-electron chi connectivity index (χ0n) is 13.7. The average Bonchev–Trinajstić information content (AvgIpc) is 2.59. The molecule has 0 saturated heterocycles. The van der Waals surface area contributed by atoms with Crippen LogP contribution < -0.4 is 15.4 Å². The normalized spacial score (nSPS) is 11.7. The van der Waals surface area contributed by atoms with Gasteiger partial charge in [-0.2, -0.15) is 0 Å². The molecule has 0 heterocycles. The smallest absolute Gasteiger partial charge is 0.251 e. The fourth-order valence-corrected chi connectivity index (χ4v) is 2.24. The second-order valence-corrected chi connectivity index (χ2v) is 5.47. The van der Waals surface area contributed by atoms with Crippen LogP contribution >= 0.6 is 0 Å². The quantitative estimate of drug-likeness (QED) is 0.788. The first-order chi connectivity index (χ1) is 11.2. The Morgan fingerprint density at radius 2 is 1.91 bits per heavy atom. The van der Waals surface area contributed by atoms with E-state index in [4.69, 9.17) is 4.74 Å². The first-order valence-corrected chi connectivity index (χ1v) is 7.97. The van der Waals surface area contributed by atoms with E-state index < -0.39 is 0 Å². The van der Waals surface area contributed by atoms with Crippen molar-refractivity contribution in [2.75, 3.05) is 13.1 Å². The minimum absolute atomic E-state index is 0.0834. The number of hydrogen-bond donors (Lipinski definition) is 2. The van der Waals surface area contributed by atoms with Crippen LogP contribution in [0.3, 0.4) is 0 Å². The summed E-state index contributed by atoms with van der Waals surface area (Å²) in [6, 6.07) is 17.5. The van der Waals surface area contributed by atoms with Gasteiger partial charge in [-0.25, -0.2) is 0 Å². The van der Waals surface area contributed by atoms with Crippen molar-refractivity contribution >= 4 is 5.91 Å². The van der Waals surface area contributed by atoms with Gasteiger partial charge in [-0.15, -0.1) is 0 Å². The summed E-state index contributed by atoms with van der Waals surface area (Å²) >= 11 is 0. The standard InChI is InChI=1S/C19H24N2O2/c1-3-20-15(2)13-21-19(22)17-10-7-11-18(12-17)23-14-16-8-5-4-6-9-16/h4-12,15,20H,3,13-14H2,1-2H3,(H,21,22)/t15-/m1/s1. The summed E-state index contributed by atoms with van der Waals surface area (Å²) in [5.41, 5.74) is 1.71. The number of ether oxygens (including phenoxy) is 1. The fourth-order valence-electron chi connectivity index (χ4n) is 2.24. The minimum Gasteiger partial charge on any atom is -0.489 e. The monoisotopic (exact) mass is 312 g/mol. The Morgan fingerprint density at radius 3 is 2.65 bits per heavy atom. The summed E-state index contributed by atoms with van der Waals surface area (Å²) < 4.78 is 5.75. The summed E-state index contributed by atoms with van der Waals surface area (Å²) in [6.45, 7) is 6.07. The molecule has 0 aliphatic rings. The highest BCUT2D eigenvalue weighted by atomic mass is 16.5. The third-order valence-electron chi connectivity index (χ3n) is 3.47. The molecular weight excluding hydrogens is 288 g/mol. The van der Waals surface area contributed by atoms with Crippen molar-refractivity contribution in [1.29, 1.82) is 0 Å². The van der Waals surface area contributed by atoms with E-state index in [0.29, 0.717) is 24.5 Å². The molecule has 2 rings (SSSR count). The molecule has 2 aromatic carbocycles. The summed E-state index contributed by atoms with van der Waals surface area (Å²) in [5, 5.41) is 6.19. The van der Waals surface area contributed by atoms with E-state index >= 15 is 0 Å². The molecule has 1 amide bonds. The first kappa shape index (κ1) is 17.0. The molecule has 23 heavy (non-hydrogen) atoms. The highest BCUT2D eigenvalue weighted by Crippen LogP contribution is 2.15. The van der Waals surface area contributed by atoms with Crippen molar-refractivity contribution in [3.63, 3.8) is 0 Å². The van der Waals surface area contributed by atoms with Gasteiger partial charge in [0.05, 0.1) is 0 Å². The fraction of sp³-hybridized carbons (Fsp3) is 0.316. The number of rotatable bonds is 8. The van der Waals surface area contributed by atoms with E-state index in [-0.39, 0.29) is 11.9 Å². The van der Waals surface area contributed by atoms with E-state index in [0.717, 1.165) is 12.1 Å². The maximum atomic E-state index is 12.2. The topological polar surface area (TPSA) is 50.4 Å². The zero-order valence-corrected chi connectivity index (χ0v) is 13.7. The van der Waals surface area contributed by atoms with Gasteiger partial charge in [-0.05, 0) is 37.2 Å². The van der Waals surface area contributed by atoms with E-state index in [2.05, 4.69) is 10.6 Å². The molecule has 1 atom stereocenters. The van der Waals surface area contributed by atoms with Crippen molar-refractivity contribution < 1.29 is 9.53 Å². The molecule has 0 aliphatic heterocycles. The lowest BCUT2D eigenvalue weighted by molar-refractivity contribution is 0.0949. The summed E-state index contributed by atoms with van der Waals surface area (Å²) in [4.78, 5) is 12.2. The molecule has 0 unspecified atom stereocenters. The highest BCUT2D eigenvalue weighted by Gasteiger charge is 2.08. The molecule has 122 valence electrons. The van der Waals surface area contributed by atoms with Crippen LogP contribution in [0.5, 0.6) is 5.75 Å². The SMILES string of the molecule is CCN[C@H](C)CNC(=O)c1cccc(OCc2ccccc2)c1. The lowest BCUT2D eigenvalue weighted by atomic mass is 10.2. The van der Waals surface area contributed by atoms with Crippen LogP contribution in [-0.4, -0.2) is 25.0 Å². The van der Waals surface area contributed by atoms with E-state index in [1.165, 1.54) is 0 Å². The van der Waals surface area contributed by atoms with Gasteiger partial charge in [0, 0.05) is 18.2 Å². The zero-order chi connectivity index (χ0) is 16.5. The van der Waals surface area contributed by atoms with Crippen LogP contribution in [0.15, 0.2) is 54.6 Å². The van der Waals surface area contributed by atoms with Crippen LogP contribution in [0.1, 0.15) is 29.8 Å². The Labute approximate surface area is 137 Å². The Kier molecular flexibility index (Phi) is 6.63. The number of carbonyl (C=O) groups excluding carboxylic acids is 1. The summed E-state index contributed by atoms with van der Waals surface area (Å²) in [5.74, 6) is 0.612. The number of nitrogens with one attached hydrogen (secondary N) is 2. The van der Waals surface area contributed by atoms with E-state index in [9.17, 15) is 4.79 Å². The Balaban J connectivity index is 1.89. The van der Waals surface area contributed by atoms with Gasteiger partial charge in [-0.3, -0.25) is 4.79 Å². The molecule has 0 saturated carbocycles. The molecule has 0 fully saturated rings. The minimum atomic E-state index is -0.0834. The maximum absolute atomic E-state index is 12.2. The molecule has 2 aromatic rings. The molecule has 0 aliphatic carbocycles. The predicted molar refractivity (Wildman–Crippen MR) is 92.7 cm³/mol. The molecule has 2 N–H and O–H groups in total. The van der Waals surface area contributed by atoms with Gasteiger partial charge in [-0.1, -0.05) is 43.3 Å². The summed E-state index contributed by atoms with van der Waals surface area (Å²) in [6.07, 6.45) is 0. The second-order valence-electron chi connectivity index (χ2n) is 5.47. The number of amides is 1. The van der Waals surface area contributed by atoms with Gasteiger partial charge in [0.2, 0.25) is 0 Å². The van der Waals surface area contributed by atoms with Crippen molar-refractivity contribution in [3.05, 3.63) is 65.7 Å². The number of benzene rings is 2. The van der Waals surface area contributed by atoms with Crippen molar-refractivity contribution in [2.24, 2.45) is 0 Å². The molecular formula is C19H24N2O2. The van der Waals surface area contributed by atoms with Gasteiger partial charge in [0.25, 0.3) is 5.91 Å². The highest BCUT2D eigenvalue weighted by molar-refractivity contribution is 5.94. The van der Waals surface area contributed by atoms with Crippen LogP contribution in [0.2, 0.25) is 0 Å². The molecule has 4 nitrogen and oxygen atoms in total. The van der Waals surface area contributed by atoms with Gasteiger partial charge in [0.15, 0.2) is 0 Å². The third kappa shape index (κ3) is 5.75. The molecule has 0 radical (unpaired) electrons. The van der Waals surface area contributed by atoms with Gasteiger partial charge >= 0.3 is 0 Å². The van der Waals surface area contributed by atoms with Crippen molar-refractivity contribution in [1.82, 2.24) is 10.6 Å². The third-order valence-corrected chi connectivity index (χ3v) is 3.47. The van der Waals surface area contributed by atoms with Crippen LogP contribution in [0.25, 0.3) is 0 Å². The lowest BCUT2D eigenvalue weighted by Crippen LogP contribution is -2.38. The largest absolute Gasteiger partial charge is 0.489 e. The number of hydrogen-bond acceptors (Lipinski definition) is 3. The van der Waals surface area contributed by atoms with Crippen molar-refractivity contribution in [2.45, 2.75) is 26.5 Å². The van der Waals surface area contributed by atoms with E-state index in [1.54, 1.807) is 12.1 Å². The molecule has 0 bridgehead atoms. The van der Waals surface area contributed by atoms with Crippen LogP contribution in [0.4, 0.5) is 0 Å². The first-order valence-electron chi connectivity index (χ1n) is 7.97. The average molecular weight is 312 g/mol. The second kappa shape index (κ2) is 8.96. The Bertz CT molecular complexity index is 614. The lowest BCUT2D eigenvalue weighted by Gasteiger charge is -2.13. The molecule has 0 aromatic heterocycles. The van der Waals surface area contributed by atoms with Crippen molar-refractivity contribution in [3.8, 4) is 5.75 Å². The number of carbonyl (C=O) groups is 1. The number of likely N-dealkylation sites (N-methyl/N-ethyl adjacent to an activating group) is 1. The van der Waals surface area contributed by atoms with Crippen LogP contribution in [0, 0.1) is 0 Å². The van der Waals surface area contributed by atoms with E-state index in [1.807, 2.05) is 56.3 Å². The predicted octanol–water partition coefficient (Wildman–Crippen LogP) is 2.99. The maximum Gasteiger partial charge on any atom is 0.251 e. The van der Waals surface area contributed by atoms with Crippen LogP contribution in [-0.2, 0) is 6.61 Å². The van der Waals surface area contributed by atoms with Gasteiger partial charge < -0.3 is 15.4 Å². The Morgan fingerprint density at radius 1 is 1.13 bits per heavy atom. The summed E-state index contributed by atoms with van der Waals surface area (Å²) in [7, 11) is 0. The molecule has 0 spiro atoms. The van der Waals surface area contributed by atoms with Gasteiger partial charge in [0.1, 0.15) is 12.4 Å².